The van der Waals surface area contributed by atoms with Gasteiger partial charge in [-0.05, 0) is 12.2 Å². The minimum atomic E-state index is -1.02. The first kappa shape index (κ1) is 14.1. The highest BCUT2D eigenvalue weighted by molar-refractivity contribution is 7.10. The number of rotatable bonds is 4. The molecule has 1 aromatic carbocycles. The third-order valence-electron chi connectivity index (χ3n) is 2.86. The van der Waals surface area contributed by atoms with Crippen LogP contribution in [0.4, 0.5) is 0 Å². The zero-order valence-corrected chi connectivity index (χ0v) is 12.2. The van der Waals surface area contributed by atoms with Crippen LogP contribution in [0.3, 0.4) is 0 Å². The van der Waals surface area contributed by atoms with Crippen molar-refractivity contribution < 1.29 is 9.90 Å². The molecule has 0 atom stereocenters. The third kappa shape index (κ3) is 3.24. The lowest BCUT2D eigenvalue weighted by molar-refractivity contribution is 0.0691. The molecule has 0 amide bonds. The highest BCUT2D eigenvalue weighted by Crippen LogP contribution is 2.16. The van der Waals surface area contributed by atoms with E-state index in [-0.39, 0.29) is 5.69 Å². The lowest BCUT2D eigenvalue weighted by Crippen LogP contribution is -1.95. The van der Waals surface area contributed by atoms with Crippen LogP contribution in [0.2, 0.25) is 0 Å². The number of carboxylic acid groups (broad SMARTS) is 1. The number of aromatic nitrogens is 3. The summed E-state index contributed by atoms with van der Waals surface area (Å²) in [5.74, 6) is -0.355. The quantitative estimate of drug-likeness (QED) is 0.798. The van der Waals surface area contributed by atoms with Gasteiger partial charge in [0, 0.05) is 28.9 Å². The highest BCUT2D eigenvalue weighted by Gasteiger charge is 2.06. The molecule has 0 bridgehead atoms. The average Bonchev–Trinajstić information content (AvgIpc) is 3.04. The molecule has 0 unspecified atom stereocenters. The van der Waals surface area contributed by atoms with Crippen molar-refractivity contribution >= 4 is 29.5 Å². The van der Waals surface area contributed by atoms with Gasteiger partial charge in [0.2, 0.25) is 0 Å². The van der Waals surface area contributed by atoms with Gasteiger partial charge in [-0.3, -0.25) is 0 Å². The molecule has 0 fully saturated rings. The van der Waals surface area contributed by atoms with E-state index in [1.165, 1.54) is 16.7 Å². The van der Waals surface area contributed by atoms with Gasteiger partial charge in [0.25, 0.3) is 0 Å². The molecule has 22 heavy (non-hydrogen) atoms. The molecule has 1 N–H and O–H groups in total. The molecule has 2 aromatic heterocycles. The molecule has 0 aliphatic heterocycles. The summed E-state index contributed by atoms with van der Waals surface area (Å²) in [7, 11) is 0. The van der Waals surface area contributed by atoms with Gasteiger partial charge in [0.1, 0.15) is 5.01 Å². The molecule has 0 radical (unpaired) electrons. The van der Waals surface area contributed by atoms with E-state index in [4.69, 9.17) is 5.11 Å². The minimum absolute atomic E-state index is 0.0559. The first-order valence-corrected chi connectivity index (χ1v) is 7.35. The van der Waals surface area contributed by atoms with E-state index < -0.39 is 5.97 Å². The fourth-order valence-electron chi connectivity index (χ4n) is 1.79. The molecular formula is C16H11N3O2S. The molecule has 0 aliphatic carbocycles. The maximum absolute atomic E-state index is 10.8. The highest BCUT2D eigenvalue weighted by atomic mass is 32.1. The number of carbonyl (C=O) groups is 1. The summed E-state index contributed by atoms with van der Waals surface area (Å²) < 4.78 is 0. The summed E-state index contributed by atoms with van der Waals surface area (Å²) in [5, 5.41) is 11.0. The molecule has 108 valence electrons. The van der Waals surface area contributed by atoms with Crippen LogP contribution in [0.15, 0.2) is 48.1 Å². The summed E-state index contributed by atoms with van der Waals surface area (Å²) in [6.07, 6.45) is 6.99. The van der Waals surface area contributed by atoms with Crippen LogP contribution in [-0.4, -0.2) is 26.0 Å². The lowest BCUT2D eigenvalue weighted by Gasteiger charge is -1.99. The molecule has 0 spiro atoms. The molecule has 2 heterocycles. The molecule has 3 rings (SSSR count). The average molecular weight is 309 g/mol. The van der Waals surface area contributed by atoms with Crippen LogP contribution in [-0.2, 0) is 0 Å². The molecule has 0 aliphatic rings. The maximum atomic E-state index is 10.8. The van der Waals surface area contributed by atoms with E-state index in [2.05, 4.69) is 15.0 Å². The minimum Gasteiger partial charge on any atom is -0.476 e. The van der Waals surface area contributed by atoms with Crippen molar-refractivity contribution in [3.63, 3.8) is 0 Å². The Morgan fingerprint density at radius 2 is 1.82 bits per heavy atom. The Morgan fingerprint density at radius 1 is 1.09 bits per heavy atom. The standard InChI is InChI=1S/C16H11N3O2S/c20-16(21)13-10-22-14(19-13)7-6-11-8-17-15(18-9-11)12-4-2-1-3-5-12/h1-10H,(H,20,21)/b7-6+. The zero-order chi connectivity index (χ0) is 15.4. The fraction of sp³-hybridized carbons (Fsp3) is 0. The molecule has 5 nitrogen and oxygen atoms in total. The predicted molar refractivity (Wildman–Crippen MR) is 85.5 cm³/mol. The van der Waals surface area contributed by atoms with Crippen molar-refractivity contribution in [3.05, 3.63) is 64.4 Å². The number of hydrogen-bond donors (Lipinski definition) is 1. The van der Waals surface area contributed by atoms with Crippen molar-refractivity contribution in [1.82, 2.24) is 15.0 Å². The number of nitrogens with zero attached hydrogens (tertiary/aromatic N) is 3. The van der Waals surface area contributed by atoms with E-state index in [1.54, 1.807) is 24.5 Å². The second-order valence-electron chi connectivity index (χ2n) is 4.42. The van der Waals surface area contributed by atoms with E-state index in [9.17, 15) is 4.79 Å². The fourth-order valence-corrected chi connectivity index (χ4v) is 2.47. The normalized spacial score (nSPS) is 10.9. The largest absolute Gasteiger partial charge is 0.476 e. The van der Waals surface area contributed by atoms with Crippen LogP contribution in [0.1, 0.15) is 21.1 Å². The van der Waals surface area contributed by atoms with Gasteiger partial charge in [0.05, 0.1) is 0 Å². The summed E-state index contributed by atoms with van der Waals surface area (Å²) in [6, 6.07) is 9.73. The number of hydrogen-bond acceptors (Lipinski definition) is 5. The summed E-state index contributed by atoms with van der Waals surface area (Å²) in [6.45, 7) is 0. The lowest BCUT2D eigenvalue weighted by atomic mass is 10.2. The van der Waals surface area contributed by atoms with Gasteiger partial charge in [-0.15, -0.1) is 11.3 Å². The van der Waals surface area contributed by atoms with Gasteiger partial charge in [-0.2, -0.15) is 0 Å². The second kappa shape index (κ2) is 6.28. The van der Waals surface area contributed by atoms with Gasteiger partial charge in [-0.25, -0.2) is 19.7 Å². The van der Waals surface area contributed by atoms with Crippen molar-refractivity contribution in [2.24, 2.45) is 0 Å². The van der Waals surface area contributed by atoms with E-state index in [0.29, 0.717) is 10.8 Å². The Kier molecular flexibility index (Phi) is 4.02. The summed E-state index contributed by atoms with van der Waals surface area (Å²) in [4.78, 5) is 23.4. The molecule has 0 saturated carbocycles. The van der Waals surface area contributed by atoms with Gasteiger partial charge in [-0.1, -0.05) is 30.3 Å². The van der Waals surface area contributed by atoms with Crippen LogP contribution in [0, 0.1) is 0 Å². The van der Waals surface area contributed by atoms with Crippen LogP contribution in [0.5, 0.6) is 0 Å². The summed E-state index contributed by atoms with van der Waals surface area (Å²) >= 11 is 1.28. The van der Waals surface area contributed by atoms with E-state index in [1.807, 2.05) is 30.3 Å². The van der Waals surface area contributed by atoms with Gasteiger partial charge in [0.15, 0.2) is 11.5 Å². The topological polar surface area (TPSA) is 76.0 Å². The Hall–Kier alpha value is -2.86. The number of carboxylic acids is 1. The predicted octanol–water partition coefficient (Wildman–Crippen LogP) is 3.47. The van der Waals surface area contributed by atoms with Crippen molar-refractivity contribution in [2.45, 2.75) is 0 Å². The third-order valence-corrected chi connectivity index (χ3v) is 3.67. The van der Waals surface area contributed by atoms with Crippen molar-refractivity contribution in [1.29, 1.82) is 0 Å². The Labute approximate surface area is 130 Å². The monoisotopic (exact) mass is 309 g/mol. The Morgan fingerprint density at radius 3 is 2.45 bits per heavy atom. The SMILES string of the molecule is O=C(O)c1csc(/C=C/c2cnc(-c3ccccc3)nc2)n1. The maximum Gasteiger partial charge on any atom is 0.355 e. The number of aromatic carboxylic acids is 1. The van der Waals surface area contributed by atoms with E-state index >= 15 is 0 Å². The zero-order valence-electron chi connectivity index (χ0n) is 11.4. The molecular weight excluding hydrogens is 298 g/mol. The van der Waals surface area contributed by atoms with Crippen LogP contribution < -0.4 is 0 Å². The molecule has 0 saturated heterocycles. The van der Waals surface area contributed by atoms with Crippen LogP contribution in [0.25, 0.3) is 23.5 Å². The number of thiazole rings is 1. The Bertz CT molecular complexity index is 811. The van der Waals surface area contributed by atoms with Crippen molar-refractivity contribution in [3.8, 4) is 11.4 Å². The molecule has 6 heteroatoms. The Balaban J connectivity index is 1.75. The van der Waals surface area contributed by atoms with Gasteiger partial charge >= 0.3 is 5.97 Å². The number of benzene rings is 1. The first-order chi connectivity index (χ1) is 10.7. The van der Waals surface area contributed by atoms with Crippen LogP contribution >= 0.6 is 11.3 Å². The molecule has 3 aromatic rings. The van der Waals surface area contributed by atoms with Crippen molar-refractivity contribution in [2.75, 3.05) is 0 Å². The van der Waals surface area contributed by atoms with E-state index in [0.717, 1.165) is 11.1 Å². The second-order valence-corrected chi connectivity index (χ2v) is 5.31. The first-order valence-electron chi connectivity index (χ1n) is 6.47. The smallest absolute Gasteiger partial charge is 0.355 e. The summed E-state index contributed by atoms with van der Waals surface area (Å²) in [5.41, 5.74) is 1.84. The van der Waals surface area contributed by atoms with Gasteiger partial charge < -0.3 is 5.11 Å².